The van der Waals surface area contributed by atoms with Crippen molar-refractivity contribution in [1.29, 1.82) is 0 Å². The molecular formula is C15H12N2O4. The lowest BCUT2D eigenvalue weighted by atomic mass is 10.1. The van der Waals surface area contributed by atoms with Crippen molar-refractivity contribution in [3.63, 3.8) is 0 Å². The lowest BCUT2D eigenvalue weighted by Crippen LogP contribution is -2.19. The summed E-state index contributed by atoms with van der Waals surface area (Å²) in [6.07, 6.45) is 1.34. The van der Waals surface area contributed by atoms with Crippen molar-refractivity contribution in [3.05, 3.63) is 63.8 Å². The first-order chi connectivity index (χ1) is 10.1. The van der Waals surface area contributed by atoms with Crippen molar-refractivity contribution in [2.45, 2.75) is 13.5 Å². The van der Waals surface area contributed by atoms with Crippen LogP contribution in [0.3, 0.4) is 0 Å². The van der Waals surface area contributed by atoms with Crippen LogP contribution in [0.5, 0.6) is 0 Å². The van der Waals surface area contributed by atoms with Crippen LogP contribution in [0.25, 0.3) is 10.9 Å². The second-order valence-electron chi connectivity index (χ2n) is 4.75. The van der Waals surface area contributed by atoms with E-state index in [0.717, 1.165) is 0 Å². The summed E-state index contributed by atoms with van der Waals surface area (Å²) >= 11 is 0. The van der Waals surface area contributed by atoms with E-state index in [0.29, 0.717) is 28.9 Å². The number of rotatable bonds is 3. The monoisotopic (exact) mass is 284 g/mol. The van der Waals surface area contributed by atoms with E-state index in [9.17, 15) is 14.7 Å². The molecule has 0 aliphatic heterocycles. The predicted octanol–water partition coefficient (Wildman–Crippen LogP) is 2.04. The zero-order valence-corrected chi connectivity index (χ0v) is 11.2. The van der Waals surface area contributed by atoms with E-state index in [1.54, 1.807) is 41.8 Å². The molecule has 2 heterocycles. The standard InChI is InChI=1S/C15H12N2O4/c1-9-6-10(16-21-9)7-17-8-12(15(19)20)14(18)11-4-2-3-5-13(11)17/h2-6,8H,7H2,1H3,(H,19,20). The van der Waals surface area contributed by atoms with Gasteiger partial charge in [0, 0.05) is 17.6 Å². The molecule has 3 rings (SSSR count). The zero-order chi connectivity index (χ0) is 15.0. The zero-order valence-electron chi connectivity index (χ0n) is 11.2. The molecule has 0 bridgehead atoms. The quantitative estimate of drug-likeness (QED) is 0.795. The van der Waals surface area contributed by atoms with Crippen molar-refractivity contribution < 1.29 is 14.4 Å². The molecule has 1 N–H and O–H groups in total. The summed E-state index contributed by atoms with van der Waals surface area (Å²) < 4.78 is 6.70. The van der Waals surface area contributed by atoms with Gasteiger partial charge in [-0.05, 0) is 19.1 Å². The third-order valence-corrected chi connectivity index (χ3v) is 3.23. The summed E-state index contributed by atoms with van der Waals surface area (Å²) in [5.74, 6) is -0.565. The largest absolute Gasteiger partial charge is 0.477 e. The number of para-hydroxylation sites is 1. The number of aromatic carboxylic acids is 1. The van der Waals surface area contributed by atoms with E-state index < -0.39 is 11.4 Å². The van der Waals surface area contributed by atoms with Gasteiger partial charge in [0.15, 0.2) is 0 Å². The van der Waals surface area contributed by atoms with Gasteiger partial charge in [-0.25, -0.2) is 4.79 Å². The molecule has 0 saturated heterocycles. The Kier molecular flexibility index (Phi) is 3.06. The van der Waals surface area contributed by atoms with Crippen LogP contribution in [0.1, 0.15) is 21.8 Å². The molecule has 0 spiro atoms. The summed E-state index contributed by atoms with van der Waals surface area (Å²) in [5.41, 5.74) is 0.588. The molecule has 0 aliphatic carbocycles. The molecule has 0 amide bonds. The Balaban J connectivity index is 2.23. The molecule has 0 atom stereocenters. The molecule has 0 unspecified atom stereocenters. The lowest BCUT2D eigenvalue weighted by Gasteiger charge is -2.10. The van der Waals surface area contributed by atoms with E-state index in [1.165, 1.54) is 6.20 Å². The van der Waals surface area contributed by atoms with Crippen molar-refractivity contribution in [3.8, 4) is 0 Å². The number of fused-ring (bicyclic) bond motifs is 1. The Morgan fingerprint density at radius 2 is 2.14 bits per heavy atom. The maximum Gasteiger partial charge on any atom is 0.341 e. The third kappa shape index (κ3) is 2.31. The number of nitrogens with zero attached hydrogens (tertiary/aromatic N) is 2. The molecule has 0 aliphatic rings. The van der Waals surface area contributed by atoms with Crippen LogP contribution in [0.2, 0.25) is 0 Å². The second kappa shape index (κ2) is 4.90. The van der Waals surface area contributed by atoms with E-state index in [2.05, 4.69) is 5.16 Å². The van der Waals surface area contributed by atoms with Gasteiger partial charge in [0.05, 0.1) is 12.1 Å². The van der Waals surface area contributed by atoms with E-state index in [1.807, 2.05) is 0 Å². The normalized spacial score (nSPS) is 10.9. The van der Waals surface area contributed by atoms with Gasteiger partial charge in [0.2, 0.25) is 5.43 Å². The Labute approximate surface area is 119 Å². The van der Waals surface area contributed by atoms with Crippen LogP contribution in [0.4, 0.5) is 0 Å². The highest BCUT2D eigenvalue weighted by Gasteiger charge is 2.14. The summed E-state index contributed by atoms with van der Waals surface area (Å²) in [4.78, 5) is 23.4. The maximum atomic E-state index is 12.2. The first-order valence-electron chi connectivity index (χ1n) is 6.34. The van der Waals surface area contributed by atoms with E-state index >= 15 is 0 Å². The number of hydrogen-bond acceptors (Lipinski definition) is 4. The van der Waals surface area contributed by atoms with Gasteiger partial charge in [0.25, 0.3) is 0 Å². The molecule has 106 valence electrons. The number of carboxylic acids is 1. The van der Waals surface area contributed by atoms with Crippen molar-refractivity contribution in [1.82, 2.24) is 9.72 Å². The fourth-order valence-corrected chi connectivity index (χ4v) is 2.30. The Morgan fingerprint density at radius 3 is 2.81 bits per heavy atom. The fourth-order valence-electron chi connectivity index (χ4n) is 2.30. The molecule has 1 aromatic carbocycles. The number of benzene rings is 1. The van der Waals surface area contributed by atoms with Gasteiger partial charge in [0.1, 0.15) is 17.0 Å². The minimum atomic E-state index is -1.24. The fraction of sp³-hybridized carbons (Fsp3) is 0.133. The molecule has 3 aromatic rings. The Morgan fingerprint density at radius 1 is 1.38 bits per heavy atom. The maximum absolute atomic E-state index is 12.2. The van der Waals surface area contributed by atoms with E-state index in [4.69, 9.17) is 4.52 Å². The number of pyridine rings is 1. The van der Waals surface area contributed by atoms with Crippen LogP contribution < -0.4 is 5.43 Å². The molecular weight excluding hydrogens is 272 g/mol. The van der Waals surface area contributed by atoms with Crippen molar-refractivity contribution >= 4 is 16.9 Å². The van der Waals surface area contributed by atoms with Gasteiger partial charge >= 0.3 is 5.97 Å². The highest BCUT2D eigenvalue weighted by Crippen LogP contribution is 2.14. The SMILES string of the molecule is Cc1cc(Cn2cc(C(=O)O)c(=O)c3ccccc32)no1. The molecule has 0 fully saturated rings. The average Bonchev–Trinajstić information content (AvgIpc) is 2.87. The number of aryl methyl sites for hydroxylation is 1. The number of carboxylic acid groups (broad SMARTS) is 1. The van der Waals surface area contributed by atoms with Crippen LogP contribution in [0, 0.1) is 6.92 Å². The topological polar surface area (TPSA) is 85.3 Å². The van der Waals surface area contributed by atoms with E-state index in [-0.39, 0.29) is 5.56 Å². The van der Waals surface area contributed by atoms with Crippen LogP contribution >= 0.6 is 0 Å². The summed E-state index contributed by atoms with van der Waals surface area (Å²) in [7, 11) is 0. The summed E-state index contributed by atoms with van der Waals surface area (Å²) in [6, 6.07) is 8.67. The molecule has 21 heavy (non-hydrogen) atoms. The molecule has 0 saturated carbocycles. The Hall–Kier alpha value is -2.89. The number of carbonyl (C=O) groups is 1. The highest BCUT2D eigenvalue weighted by atomic mass is 16.5. The van der Waals surface area contributed by atoms with Crippen molar-refractivity contribution in [2.24, 2.45) is 0 Å². The first kappa shape index (κ1) is 13.1. The molecule has 6 heteroatoms. The Bertz CT molecular complexity index is 892. The summed E-state index contributed by atoms with van der Waals surface area (Å²) in [5, 5.41) is 13.4. The molecule has 6 nitrogen and oxygen atoms in total. The van der Waals surface area contributed by atoms with Crippen LogP contribution in [-0.2, 0) is 6.54 Å². The second-order valence-corrected chi connectivity index (χ2v) is 4.75. The van der Waals surface area contributed by atoms with Gasteiger partial charge in [-0.1, -0.05) is 17.3 Å². The van der Waals surface area contributed by atoms with Gasteiger partial charge in [-0.2, -0.15) is 0 Å². The first-order valence-corrected chi connectivity index (χ1v) is 6.34. The minimum Gasteiger partial charge on any atom is -0.477 e. The summed E-state index contributed by atoms with van der Waals surface area (Å²) in [6.45, 7) is 2.11. The van der Waals surface area contributed by atoms with Crippen LogP contribution in [-0.4, -0.2) is 20.8 Å². The van der Waals surface area contributed by atoms with Gasteiger partial charge in [-0.15, -0.1) is 0 Å². The minimum absolute atomic E-state index is 0.256. The average molecular weight is 284 g/mol. The molecule has 2 aromatic heterocycles. The van der Waals surface area contributed by atoms with Gasteiger partial charge < -0.3 is 14.2 Å². The van der Waals surface area contributed by atoms with Crippen LogP contribution in [0.15, 0.2) is 45.8 Å². The lowest BCUT2D eigenvalue weighted by molar-refractivity contribution is 0.0695. The third-order valence-electron chi connectivity index (χ3n) is 3.23. The molecule has 0 radical (unpaired) electrons. The smallest absolute Gasteiger partial charge is 0.341 e. The highest BCUT2D eigenvalue weighted by molar-refractivity contribution is 5.92. The number of aromatic nitrogens is 2. The van der Waals surface area contributed by atoms with Crippen molar-refractivity contribution in [2.75, 3.05) is 0 Å². The van der Waals surface area contributed by atoms with Gasteiger partial charge in [-0.3, -0.25) is 4.79 Å². The number of hydrogen-bond donors (Lipinski definition) is 1. The predicted molar refractivity (Wildman–Crippen MR) is 75.5 cm³/mol.